The molecule has 0 bridgehead atoms. The molecule has 0 aromatic heterocycles. The molecule has 2 heterocycles. The van der Waals surface area contributed by atoms with Crippen LogP contribution in [0.5, 0.6) is 5.75 Å². The lowest BCUT2D eigenvalue weighted by molar-refractivity contribution is -0.274. The van der Waals surface area contributed by atoms with Gasteiger partial charge in [-0.2, -0.15) is 0 Å². The van der Waals surface area contributed by atoms with Crippen LogP contribution in [0.4, 0.5) is 23.7 Å². The van der Waals surface area contributed by atoms with Crippen molar-refractivity contribution < 1.29 is 47.6 Å². The molecule has 1 saturated heterocycles. The summed E-state index contributed by atoms with van der Waals surface area (Å²) in [5.41, 5.74) is 6.84. The Morgan fingerprint density at radius 3 is 2.19 bits per heavy atom. The summed E-state index contributed by atoms with van der Waals surface area (Å²) in [4.78, 5) is 38.0. The van der Waals surface area contributed by atoms with E-state index in [0.29, 0.717) is 47.1 Å². The van der Waals surface area contributed by atoms with Gasteiger partial charge in [0.2, 0.25) is 5.91 Å². The Morgan fingerprint density at radius 1 is 1.07 bits per heavy atom. The molecule has 0 saturated carbocycles. The summed E-state index contributed by atoms with van der Waals surface area (Å²) in [5, 5.41) is 26.7. The molecule has 10 nitrogen and oxygen atoms in total. The topological polar surface area (TPSA) is 162 Å². The Labute approximate surface area is 250 Å². The molecule has 2 aromatic carbocycles. The number of aliphatic hydroxyl groups is 3. The van der Waals surface area contributed by atoms with Crippen LogP contribution in [0.2, 0.25) is 0 Å². The van der Waals surface area contributed by atoms with Gasteiger partial charge in [0.05, 0.1) is 30.3 Å². The molecule has 3 amide bonds. The van der Waals surface area contributed by atoms with Crippen LogP contribution in [0.1, 0.15) is 43.9 Å². The number of halogens is 3. The largest absolute Gasteiger partial charge is 0.573 e. The molecule has 43 heavy (non-hydrogen) atoms. The van der Waals surface area contributed by atoms with Crippen LogP contribution in [0.3, 0.4) is 0 Å². The smallest absolute Gasteiger partial charge is 0.405 e. The Bertz CT molecular complexity index is 1430. The number of imide groups is 1. The first-order chi connectivity index (χ1) is 20.0. The highest BCUT2D eigenvalue weighted by molar-refractivity contribution is 8.18. The molecule has 2 aliphatic heterocycles. The number of anilines is 1. The highest BCUT2D eigenvalue weighted by atomic mass is 32.2. The Balaban J connectivity index is 0.000000557. The highest BCUT2D eigenvalue weighted by Crippen LogP contribution is 2.45. The number of benzene rings is 2. The summed E-state index contributed by atoms with van der Waals surface area (Å²) in [5.74, 6) is -1.04. The Kier molecular flexibility index (Phi) is 10.3. The molecule has 2 aliphatic rings. The van der Waals surface area contributed by atoms with Gasteiger partial charge in [-0.1, -0.05) is 26.0 Å². The second-order valence-corrected chi connectivity index (χ2v) is 11.9. The quantitative estimate of drug-likeness (QED) is 0.290. The van der Waals surface area contributed by atoms with Crippen LogP contribution in [0.15, 0.2) is 35.2 Å². The number of hydrogen-bond acceptors (Lipinski definition) is 9. The maximum atomic E-state index is 13.2. The van der Waals surface area contributed by atoms with Gasteiger partial charge in [0.1, 0.15) is 5.75 Å². The van der Waals surface area contributed by atoms with Crippen LogP contribution in [-0.2, 0) is 15.0 Å². The zero-order valence-corrected chi connectivity index (χ0v) is 24.9. The fraction of sp³-hybridized carbons (Fsp3) is 0.414. The van der Waals surface area contributed by atoms with Gasteiger partial charge in [-0.05, 0) is 72.1 Å². The van der Waals surface area contributed by atoms with Crippen molar-refractivity contribution in [2.75, 3.05) is 31.3 Å². The molecule has 234 valence electrons. The number of thioether (sulfide) groups is 1. The minimum absolute atomic E-state index is 0.0565. The van der Waals surface area contributed by atoms with Crippen LogP contribution >= 0.6 is 11.8 Å². The fourth-order valence-electron chi connectivity index (χ4n) is 4.59. The van der Waals surface area contributed by atoms with E-state index in [9.17, 15) is 27.6 Å². The molecule has 0 spiro atoms. The minimum atomic E-state index is -4.92. The molecule has 14 heteroatoms. The van der Waals surface area contributed by atoms with Crippen molar-refractivity contribution >= 4 is 40.6 Å². The first-order valence-electron chi connectivity index (χ1n) is 13.2. The van der Waals surface area contributed by atoms with Crippen molar-refractivity contribution in [3.8, 4) is 16.9 Å². The number of nitrogens with zero attached hydrogens (tertiary/aromatic N) is 1. The van der Waals surface area contributed by atoms with Gasteiger partial charge < -0.3 is 30.7 Å². The number of carbonyl (C=O) groups excluding carboxylic acids is 3. The summed E-state index contributed by atoms with van der Waals surface area (Å²) in [6.45, 7) is 6.78. The van der Waals surface area contributed by atoms with Gasteiger partial charge in [-0.25, -0.2) is 0 Å². The average molecular weight is 626 g/mol. The number of hydrogen-bond donors (Lipinski definition) is 5. The van der Waals surface area contributed by atoms with Crippen LogP contribution in [-0.4, -0.2) is 70.6 Å². The zero-order chi connectivity index (χ0) is 32.3. The molecule has 6 N–H and O–H groups in total. The lowest BCUT2D eigenvalue weighted by Gasteiger charge is -2.39. The van der Waals surface area contributed by atoms with Crippen molar-refractivity contribution in [2.45, 2.75) is 51.4 Å². The van der Waals surface area contributed by atoms with Crippen LogP contribution in [0, 0.1) is 6.92 Å². The van der Waals surface area contributed by atoms with Crippen molar-refractivity contribution in [1.29, 1.82) is 0 Å². The van der Waals surface area contributed by atoms with E-state index in [-0.39, 0.29) is 16.4 Å². The lowest BCUT2D eigenvalue weighted by Crippen LogP contribution is -2.50. The number of fused-ring (bicyclic) bond motifs is 1. The normalized spacial score (nSPS) is 17.4. The Hall–Kier alpha value is -3.43. The van der Waals surface area contributed by atoms with Crippen molar-refractivity contribution in [3.63, 3.8) is 0 Å². The van der Waals surface area contributed by atoms with E-state index in [4.69, 9.17) is 21.1 Å². The van der Waals surface area contributed by atoms with Gasteiger partial charge in [0.25, 0.3) is 11.1 Å². The molecular weight excluding hydrogens is 591 g/mol. The summed E-state index contributed by atoms with van der Waals surface area (Å²) in [7, 11) is 0. The van der Waals surface area contributed by atoms with E-state index in [1.54, 1.807) is 17.9 Å². The standard InChI is InChI=1S/C25H23F3N2O4S.C4H11NO3/c1-5-30-18-11-15(13(2)8-17(18)24(3,4)12-21(30)31)16-9-14(6-7-19(16)34-25(26,27)28)10-20-22(32)29-23(33)35-20;5-4(1-6,2-7)3-8/h6-11H,5,12H2,1-4H3,(H,29,32,33);6-8H,1-3,5H2/b20-10+;. The number of nitrogens with one attached hydrogen (secondary N) is 1. The maximum absolute atomic E-state index is 13.2. The first kappa shape index (κ1) is 34.1. The molecule has 2 aromatic rings. The molecule has 4 rings (SSSR count). The number of aryl methyl sites for hydroxylation is 1. The summed E-state index contributed by atoms with van der Waals surface area (Å²) in [6, 6.07) is 7.67. The lowest BCUT2D eigenvalue weighted by atomic mass is 9.75. The average Bonchev–Trinajstić information content (AvgIpc) is 3.24. The first-order valence-corrected chi connectivity index (χ1v) is 14.0. The van der Waals surface area contributed by atoms with E-state index in [1.165, 1.54) is 24.3 Å². The minimum Gasteiger partial charge on any atom is -0.405 e. The number of aliphatic hydroxyl groups excluding tert-OH is 3. The summed E-state index contributed by atoms with van der Waals surface area (Å²) >= 11 is 0.716. The third-order valence-electron chi connectivity index (χ3n) is 6.98. The summed E-state index contributed by atoms with van der Waals surface area (Å²) < 4.78 is 44.0. The van der Waals surface area contributed by atoms with E-state index in [2.05, 4.69) is 10.1 Å². The molecule has 1 fully saturated rings. The zero-order valence-electron chi connectivity index (χ0n) is 24.0. The molecule has 0 aliphatic carbocycles. The summed E-state index contributed by atoms with van der Waals surface area (Å²) in [6.07, 6.45) is -3.15. The predicted molar refractivity (Wildman–Crippen MR) is 156 cm³/mol. The van der Waals surface area contributed by atoms with Crippen LogP contribution < -0.4 is 20.7 Å². The van der Waals surface area contributed by atoms with E-state index < -0.39 is 54.0 Å². The highest BCUT2D eigenvalue weighted by Gasteiger charge is 2.37. The second-order valence-electron chi connectivity index (χ2n) is 10.9. The van der Waals surface area contributed by atoms with Crippen LogP contribution in [0.25, 0.3) is 17.2 Å². The van der Waals surface area contributed by atoms with Crippen molar-refractivity contribution in [2.24, 2.45) is 5.73 Å². The maximum Gasteiger partial charge on any atom is 0.573 e. The number of nitrogens with two attached hydrogens (primary N) is 1. The third kappa shape index (κ3) is 7.95. The molecular formula is C29H34F3N3O7S. The number of alkyl halides is 3. The van der Waals surface area contributed by atoms with Gasteiger partial charge in [0.15, 0.2) is 0 Å². The van der Waals surface area contributed by atoms with Gasteiger partial charge >= 0.3 is 6.36 Å². The Morgan fingerprint density at radius 2 is 1.70 bits per heavy atom. The fourth-order valence-corrected chi connectivity index (χ4v) is 5.27. The van der Waals surface area contributed by atoms with Gasteiger partial charge in [0, 0.05) is 29.6 Å². The van der Waals surface area contributed by atoms with Gasteiger partial charge in [-0.3, -0.25) is 19.7 Å². The number of ether oxygens (including phenoxy) is 1. The van der Waals surface area contributed by atoms with Crippen molar-refractivity contribution in [3.05, 3.63) is 51.9 Å². The number of amides is 3. The van der Waals surface area contributed by atoms with E-state index in [0.717, 1.165) is 5.56 Å². The molecule has 0 radical (unpaired) electrons. The monoisotopic (exact) mass is 625 g/mol. The molecule has 0 unspecified atom stereocenters. The number of carbonyl (C=O) groups is 3. The van der Waals surface area contributed by atoms with Gasteiger partial charge in [-0.15, -0.1) is 13.2 Å². The second kappa shape index (κ2) is 13.1. The molecule has 0 atom stereocenters. The van der Waals surface area contributed by atoms with E-state index >= 15 is 0 Å². The SMILES string of the molecule is CCN1C(=O)CC(C)(C)c2cc(C)c(-c3cc(/C=C4/SC(=O)NC4=O)ccc3OC(F)(F)F)cc21.NC(CO)(CO)CO. The van der Waals surface area contributed by atoms with Crippen molar-refractivity contribution in [1.82, 2.24) is 5.32 Å². The number of rotatable bonds is 7. The predicted octanol–water partition coefficient (Wildman–Crippen LogP) is 3.58. The van der Waals surface area contributed by atoms with E-state index in [1.807, 2.05) is 26.8 Å². The third-order valence-corrected chi connectivity index (χ3v) is 7.79.